The lowest BCUT2D eigenvalue weighted by Gasteiger charge is -2.35. The number of rotatable bonds is 4. The Labute approximate surface area is 106 Å². The Morgan fingerprint density at radius 1 is 1.29 bits per heavy atom. The number of carbonyl (C=O) groups excluding carboxylic acids is 1. The molecule has 1 aromatic rings. The molecule has 0 N–H and O–H groups in total. The fourth-order valence-corrected chi connectivity index (χ4v) is 2.07. The van der Waals surface area contributed by atoms with Gasteiger partial charge in [0, 0.05) is 45.3 Å². The van der Waals surface area contributed by atoms with Crippen molar-refractivity contribution < 1.29 is 4.79 Å². The molecule has 2 heterocycles. The Hall–Kier alpha value is -1.13. The maximum Gasteiger partial charge on any atom is 0.222 e. The maximum atomic E-state index is 10.7. The molecule has 0 aromatic carbocycles. The van der Waals surface area contributed by atoms with Crippen LogP contribution in [0.15, 0.2) is 24.4 Å². The second-order valence-corrected chi connectivity index (χ2v) is 4.54. The second kappa shape index (κ2) is 5.98. The number of hydrogen-bond acceptors (Lipinski definition) is 4. The van der Waals surface area contributed by atoms with Gasteiger partial charge < -0.3 is 4.90 Å². The predicted molar refractivity (Wildman–Crippen MR) is 68.4 cm³/mol. The van der Waals surface area contributed by atoms with Gasteiger partial charge in [0.2, 0.25) is 5.24 Å². The van der Waals surface area contributed by atoms with Crippen LogP contribution >= 0.6 is 11.6 Å². The van der Waals surface area contributed by atoms with Crippen LogP contribution in [0, 0.1) is 0 Å². The molecule has 0 saturated carbocycles. The highest BCUT2D eigenvalue weighted by molar-refractivity contribution is 6.63. The lowest BCUT2D eigenvalue weighted by molar-refractivity contribution is -0.112. The third-order valence-corrected chi connectivity index (χ3v) is 3.16. The summed E-state index contributed by atoms with van der Waals surface area (Å²) in [6.07, 6.45) is 2.25. The van der Waals surface area contributed by atoms with Crippen molar-refractivity contribution in [2.75, 3.05) is 37.6 Å². The van der Waals surface area contributed by atoms with Gasteiger partial charge in [-0.2, -0.15) is 0 Å². The summed E-state index contributed by atoms with van der Waals surface area (Å²) in [5.74, 6) is 1.03. The number of piperazine rings is 1. The lowest BCUT2D eigenvalue weighted by Crippen LogP contribution is -2.47. The Morgan fingerprint density at radius 2 is 2.06 bits per heavy atom. The summed E-state index contributed by atoms with van der Waals surface area (Å²) in [5, 5.41) is -0.253. The Morgan fingerprint density at radius 3 is 2.65 bits per heavy atom. The summed E-state index contributed by atoms with van der Waals surface area (Å²) in [6.45, 7) is 4.58. The smallest absolute Gasteiger partial charge is 0.222 e. The first kappa shape index (κ1) is 12.3. The van der Waals surface area contributed by atoms with Crippen LogP contribution in [0.4, 0.5) is 5.82 Å². The summed E-state index contributed by atoms with van der Waals surface area (Å²) in [4.78, 5) is 19.6. The molecule has 0 bridgehead atoms. The van der Waals surface area contributed by atoms with Crippen molar-refractivity contribution in [3.05, 3.63) is 24.4 Å². The van der Waals surface area contributed by atoms with E-state index in [1.165, 1.54) is 0 Å². The van der Waals surface area contributed by atoms with E-state index in [9.17, 15) is 4.79 Å². The highest BCUT2D eigenvalue weighted by Crippen LogP contribution is 2.12. The number of aromatic nitrogens is 1. The number of anilines is 1. The molecule has 17 heavy (non-hydrogen) atoms. The van der Waals surface area contributed by atoms with Crippen molar-refractivity contribution >= 4 is 22.7 Å². The molecule has 1 fully saturated rings. The van der Waals surface area contributed by atoms with E-state index in [-0.39, 0.29) is 5.24 Å². The normalized spacial score (nSPS) is 17.1. The van der Waals surface area contributed by atoms with Crippen molar-refractivity contribution in [1.29, 1.82) is 0 Å². The van der Waals surface area contributed by atoms with Gasteiger partial charge in [0.1, 0.15) is 5.82 Å². The van der Waals surface area contributed by atoms with Crippen molar-refractivity contribution in [3.63, 3.8) is 0 Å². The van der Waals surface area contributed by atoms with Crippen molar-refractivity contribution in [3.8, 4) is 0 Å². The zero-order valence-corrected chi connectivity index (χ0v) is 10.4. The molecule has 0 amide bonds. The summed E-state index contributed by atoms with van der Waals surface area (Å²) in [5.41, 5.74) is 0. The van der Waals surface area contributed by atoms with E-state index in [2.05, 4.69) is 14.8 Å². The molecule has 1 aliphatic rings. The number of nitrogens with zero attached hydrogens (tertiary/aromatic N) is 3. The van der Waals surface area contributed by atoms with Gasteiger partial charge >= 0.3 is 0 Å². The summed E-state index contributed by atoms with van der Waals surface area (Å²) in [6, 6.07) is 5.95. The van der Waals surface area contributed by atoms with Gasteiger partial charge in [-0.05, 0) is 23.7 Å². The highest BCUT2D eigenvalue weighted by Gasteiger charge is 2.17. The molecule has 2 rings (SSSR count). The Balaban J connectivity index is 1.80. The zero-order chi connectivity index (χ0) is 12.1. The molecule has 0 radical (unpaired) electrons. The zero-order valence-electron chi connectivity index (χ0n) is 9.68. The largest absolute Gasteiger partial charge is 0.354 e. The van der Waals surface area contributed by atoms with Gasteiger partial charge in [0.05, 0.1) is 0 Å². The van der Waals surface area contributed by atoms with E-state index in [1.54, 1.807) is 0 Å². The number of carbonyl (C=O) groups is 1. The monoisotopic (exact) mass is 253 g/mol. The quantitative estimate of drug-likeness (QED) is 0.760. The van der Waals surface area contributed by atoms with Crippen LogP contribution in [0.2, 0.25) is 0 Å². The molecule has 0 atom stereocenters. The molecule has 1 saturated heterocycles. The first-order valence-electron chi connectivity index (χ1n) is 5.82. The van der Waals surface area contributed by atoms with Crippen LogP contribution in [-0.2, 0) is 4.79 Å². The fourth-order valence-electron chi connectivity index (χ4n) is 1.99. The highest BCUT2D eigenvalue weighted by atomic mass is 35.5. The molecular formula is C12H16ClN3O. The number of hydrogen-bond donors (Lipinski definition) is 0. The first-order chi connectivity index (χ1) is 8.25. The molecular weight excluding hydrogens is 238 g/mol. The van der Waals surface area contributed by atoms with E-state index >= 15 is 0 Å². The van der Waals surface area contributed by atoms with Crippen molar-refractivity contribution in [1.82, 2.24) is 9.88 Å². The minimum absolute atomic E-state index is 0.253. The molecule has 0 aliphatic carbocycles. The second-order valence-electron chi connectivity index (χ2n) is 4.12. The van der Waals surface area contributed by atoms with Crippen molar-refractivity contribution in [2.24, 2.45) is 0 Å². The van der Waals surface area contributed by atoms with Gasteiger partial charge in [-0.15, -0.1) is 0 Å². The summed E-state index contributed by atoms with van der Waals surface area (Å²) < 4.78 is 0. The topological polar surface area (TPSA) is 36.4 Å². The third-order valence-electron chi connectivity index (χ3n) is 2.97. The Kier molecular flexibility index (Phi) is 4.34. The fraction of sp³-hybridized carbons (Fsp3) is 0.500. The van der Waals surface area contributed by atoms with E-state index in [1.807, 2.05) is 24.4 Å². The van der Waals surface area contributed by atoms with Crippen LogP contribution in [-0.4, -0.2) is 47.9 Å². The lowest BCUT2D eigenvalue weighted by atomic mass is 10.3. The average Bonchev–Trinajstić information content (AvgIpc) is 2.38. The molecule has 1 aliphatic heterocycles. The third kappa shape index (κ3) is 3.68. The van der Waals surface area contributed by atoms with Crippen LogP contribution in [0.1, 0.15) is 6.42 Å². The van der Waals surface area contributed by atoms with E-state index in [0.29, 0.717) is 6.42 Å². The van der Waals surface area contributed by atoms with Crippen LogP contribution in [0.25, 0.3) is 0 Å². The van der Waals surface area contributed by atoms with Gasteiger partial charge in [0.15, 0.2) is 0 Å². The van der Waals surface area contributed by atoms with E-state index < -0.39 is 0 Å². The van der Waals surface area contributed by atoms with Gasteiger partial charge in [-0.3, -0.25) is 9.69 Å². The van der Waals surface area contributed by atoms with Gasteiger partial charge in [-0.25, -0.2) is 4.98 Å². The van der Waals surface area contributed by atoms with E-state index in [4.69, 9.17) is 11.6 Å². The van der Waals surface area contributed by atoms with E-state index in [0.717, 1.165) is 38.5 Å². The van der Waals surface area contributed by atoms with Crippen molar-refractivity contribution in [2.45, 2.75) is 6.42 Å². The Bertz CT molecular complexity index is 363. The molecule has 92 valence electrons. The molecule has 4 nitrogen and oxygen atoms in total. The first-order valence-corrected chi connectivity index (χ1v) is 6.20. The van der Waals surface area contributed by atoms with Gasteiger partial charge in [0.25, 0.3) is 0 Å². The summed E-state index contributed by atoms with van der Waals surface area (Å²) >= 11 is 5.34. The number of halogens is 1. The molecule has 0 unspecified atom stereocenters. The predicted octanol–water partition coefficient (Wildman–Crippen LogP) is 1.36. The standard InChI is InChI=1S/C12H16ClN3O/c13-11(17)4-6-15-7-9-16(10-8-15)12-3-1-2-5-14-12/h1-3,5H,4,6-10H2. The molecule has 0 spiro atoms. The van der Waals surface area contributed by atoms with Crippen LogP contribution in [0.3, 0.4) is 0 Å². The van der Waals surface area contributed by atoms with Gasteiger partial charge in [-0.1, -0.05) is 6.07 Å². The maximum absolute atomic E-state index is 10.7. The molecule has 5 heteroatoms. The SMILES string of the molecule is O=C(Cl)CCN1CCN(c2ccccn2)CC1. The molecule has 1 aromatic heterocycles. The number of pyridine rings is 1. The minimum Gasteiger partial charge on any atom is -0.354 e. The minimum atomic E-state index is -0.253. The summed E-state index contributed by atoms with van der Waals surface area (Å²) in [7, 11) is 0. The van der Waals surface area contributed by atoms with Crippen LogP contribution in [0.5, 0.6) is 0 Å². The average molecular weight is 254 g/mol. The van der Waals surface area contributed by atoms with Crippen LogP contribution < -0.4 is 4.90 Å².